The maximum atomic E-state index is 10.6. The molecule has 5 nitrogen and oxygen atoms in total. The highest BCUT2D eigenvalue weighted by molar-refractivity contribution is 6.15. The molecule has 0 saturated heterocycles. The molecule has 0 bridgehead atoms. The second kappa shape index (κ2) is 8.19. The maximum absolute atomic E-state index is 10.6. The molecular weight excluding hydrogens is 362 g/mol. The van der Waals surface area contributed by atoms with Gasteiger partial charge in [0.2, 0.25) is 0 Å². The Hall–Kier alpha value is -3.60. The maximum Gasteiger partial charge on any atom is 0.173 e. The molecule has 0 aliphatic carbocycles. The van der Waals surface area contributed by atoms with E-state index in [1.165, 1.54) is 0 Å². The zero-order chi connectivity index (χ0) is 20.2. The van der Waals surface area contributed by atoms with E-state index in [4.69, 9.17) is 14.7 Å². The molecule has 0 unspecified atom stereocenters. The fraction of sp³-hybridized carbons (Fsp3) is 0.167. The summed E-state index contributed by atoms with van der Waals surface area (Å²) < 4.78 is 5.67. The summed E-state index contributed by atoms with van der Waals surface area (Å²) in [6.45, 7) is 3.90. The molecule has 146 valence electrons. The van der Waals surface area contributed by atoms with Crippen LogP contribution in [0.3, 0.4) is 0 Å². The average Bonchev–Trinajstić information content (AvgIpc) is 2.74. The van der Waals surface area contributed by atoms with Gasteiger partial charge >= 0.3 is 0 Å². The second-order valence-electron chi connectivity index (χ2n) is 7.07. The summed E-state index contributed by atoms with van der Waals surface area (Å²) in [5.74, 6) is 2.16. The van der Waals surface area contributed by atoms with Crippen LogP contribution in [0.4, 0.5) is 0 Å². The lowest BCUT2D eigenvalue weighted by Gasteiger charge is -2.23. The number of hydrogen-bond acceptors (Lipinski definition) is 5. The summed E-state index contributed by atoms with van der Waals surface area (Å²) in [6, 6.07) is 25.1. The van der Waals surface area contributed by atoms with Crippen LogP contribution in [0.1, 0.15) is 36.7 Å². The number of phenolic OH excluding ortho intramolecular Hbond substituents is 1. The van der Waals surface area contributed by atoms with Gasteiger partial charge in [0.1, 0.15) is 23.2 Å². The number of amidine groups is 2. The van der Waals surface area contributed by atoms with Gasteiger partial charge in [-0.2, -0.15) is 0 Å². The van der Waals surface area contributed by atoms with Gasteiger partial charge in [-0.25, -0.2) is 9.98 Å². The predicted octanol–water partition coefficient (Wildman–Crippen LogP) is 4.67. The number of benzene rings is 3. The van der Waals surface area contributed by atoms with Crippen molar-refractivity contribution >= 4 is 11.7 Å². The van der Waals surface area contributed by atoms with Crippen LogP contribution >= 0.6 is 0 Å². The standard InChI is InChI=1S/C24H23N3O2/c1-16(2)29-19-13-14-20(21(28)15-19)24-26-22(17-9-5-3-6-10-17)25-23(27-24)18-11-7-4-8-12-18/h3-16,24,28H,1-2H3,(H,25,26,27). The van der Waals surface area contributed by atoms with Crippen molar-refractivity contribution < 1.29 is 9.84 Å². The zero-order valence-corrected chi connectivity index (χ0v) is 16.4. The Morgan fingerprint density at radius 3 is 1.86 bits per heavy atom. The van der Waals surface area contributed by atoms with Crippen LogP contribution in [0.15, 0.2) is 88.8 Å². The zero-order valence-electron chi connectivity index (χ0n) is 16.4. The number of phenols is 1. The Morgan fingerprint density at radius 2 is 1.38 bits per heavy atom. The highest BCUT2D eigenvalue weighted by atomic mass is 16.5. The first-order valence-electron chi connectivity index (χ1n) is 9.63. The van der Waals surface area contributed by atoms with E-state index in [2.05, 4.69) is 5.32 Å². The summed E-state index contributed by atoms with van der Waals surface area (Å²) in [4.78, 5) is 9.53. The molecule has 1 aliphatic heterocycles. The van der Waals surface area contributed by atoms with Crippen molar-refractivity contribution in [3.8, 4) is 11.5 Å². The van der Waals surface area contributed by atoms with Crippen LogP contribution in [0, 0.1) is 0 Å². The minimum Gasteiger partial charge on any atom is -0.507 e. The minimum atomic E-state index is -0.560. The number of aromatic hydroxyl groups is 1. The molecule has 0 spiro atoms. The van der Waals surface area contributed by atoms with Gasteiger partial charge in [-0.1, -0.05) is 60.7 Å². The third kappa shape index (κ3) is 4.29. The lowest BCUT2D eigenvalue weighted by Crippen LogP contribution is -2.36. The molecule has 0 amide bonds. The number of hydrogen-bond donors (Lipinski definition) is 2. The summed E-state index contributed by atoms with van der Waals surface area (Å²) in [6.07, 6.45) is -0.528. The third-order valence-corrected chi connectivity index (χ3v) is 4.49. The van der Waals surface area contributed by atoms with Gasteiger partial charge < -0.3 is 15.2 Å². The van der Waals surface area contributed by atoms with Crippen molar-refractivity contribution in [2.24, 2.45) is 9.98 Å². The molecule has 0 radical (unpaired) electrons. The van der Waals surface area contributed by atoms with E-state index in [0.29, 0.717) is 23.0 Å². The summed E-state index contributed by atoms with van der Waals surface area (Å²) in [5.41, 5.74) is 2.55. The third-order valence-electron chi connectivity index (χ3n) is 4.49. The lowest BCUT2D eigenvalue weighted by atomic mass is 10.1. The van der Waals surface area contributed by atoms with Crippen LogP contribution in [-0.4, -0.2) is 22.9 Å². The number of ether oxygens (including phenoxy) is 1. The molecule has 1 heterocycles. The van der Waals surface area contributed by atoms with Gasteiger partial charge in [-0.05, 0) is 26.0 Å². The van der Waals surface area contributed by atoms with Crippen molar-refractivity contribution in [2.75, 3.05) is 0 Å². The topological polar surface area (TPSA) is 66.2 Å². The van der Waals surface area contributed by atoms with Gasteiger partial charge in [0.25, 0.3) is 0 Å². The molecule has 3 aromatic rings. The Labute approximate surface area is 170 Å². The average molecular weight is 385 g/mol. The predicted molar refractivity (Wildman–Crippen MR) is 116 cm³/mol. The molecule has 3 aromatic carbocycles. The Kier molecular flexibility index (Phi) is 5.29. The Bertz CT molecular complexity index is 989. The van der Waals surface area contributed by atoms with Crippen molar-refractivity contribution in [2.45, 2.75) is 26.1 Å². The molecule has 4 rings (SSSR count). The number of nitrogens with one attached hydrogen (secondary N) is 1. The first kappa shape index (κ1) is 18.7. The molecule has 0 aromatic heterocycles. The fourth-order valence-electron chi connectivity index (χ4n) is 3.16. The summed E-state index contributed by atoms with van der Waals surface area (Å²) in [5, 5.41) is 14.0. The second-order valence-corrected chi connectivity index (χ2v) is 7.07. The molecule has 5 heteroatoms. The Balaban J connectivity index is 1.75. The van der Waals surface area contributed by atoms with Gasteiger partial charge in [0, 0.05) is 22.8 Å². The van der Waals surface area contributed by atoms with Crippen molar-refractivity contribution in [1.82, 2.24) is 5.32 Å². The number of nitrogens with zero attached hydrogens (tertiary/aromatic N) is 2. The van der Waals surface area contributed by atoms with Crippen LogP contribution in [0.5, 0.6) is 11.5 Å². The van der Waals surface area contributed by atoms with Gasteiger partial charge in [0.15, 0.2) is 6.17 Å². The van der Waals surface area contributed by atoms with E-state index < -0.39 is 6.17 Å². The van der Waals surface area contributed by atoms with Crippen LogP contribution < -0.4 is 10.1 Å². The van der Waals surface area contributed by atoms with Crippen molar-refractivity contribution in [3.63, 3.8) is 0 Å². The SMILES string of the molecule is CC(C)Oc1ccc(C2N=C(c3ccccc3)NC(c3ccccc3)=N2)c(O)c1. The molecule has 1 aliphatic rings. The van der Waals surface area contributed by atoms with E-state index >= 15 is 0 Å². The fourth-order valence-corrected chi connectivity index (χ4v) is 3.16. The highest BCUT2D eigenvalue weighted by Crippen LogP contribution is 2.33. The van der Waals surface area contributed by atoms with Crippen LogP contribution in [0.2, 0.25) is 0 Å². The highest BCUT2D eigenvalue weighted by Gasteiger charge is 2.22. The molecule has 0 saturated carbocycles. The summed E-state index contributed by atoms with van der Waals surface area (Å²) in [7, 11) is 0. The minimum absolute atomic E-state index is 0.0320. The largest absolute Gasteiger partial charge is 0.507 e. The van der Waals surface area contributed by atoms with Crippen molar-refractivity contribution in [1.29, 1.82) is 0 Å². The molecule has 0 fully saturated rings. The van der Waals surface area contributed by atoms with Gasteiger partial charge in [-0.3, -0.25) is 0 Å². The van der Waals surface area contributed by atoms with E-state index in [-0.39, 0.29) is 11.9 Å². The van der Waals surface area contributed by atoms with Crippen LogP contribution in [0.25, 0.3) is 0 Å². The van der Waals surface area contributed by atoms with E-state index in [9.17, 15) is 5.11 Å². The van der Waals surface area contributed by atoms with Crippen LogP contribution in [-0.2, 0) is 0 Å². The quantitative estimate of drug-likeness (QED) is 0.670. The van der Waals surface area contributed by atoms with E-state index in [1.54, 1.807) is 6.07 Å². The van der Waals surface area contributed by atoms with E-state index in [1.807, 2.05) is 86.6 Å². The number of rotatable bonds is 5. The molecular formula is C24H23N3O2. The monoisotopic (exact) mass is 385 g/mol. The smallest absolute Gasteiger partial charge is 0.173 e. The number of aliphatic imine (C=N–C) groups is 2. The van der Waals surface area contributed by atoms with Crippen molar-refractivity contribution in [3.05, 3.63) is 95.6 Å². The molecule has 2 N–H and O–H groups in total. The molecule has 0 atom stereocenters. The van der Waals surface area contributed by atoms with Gasteiger partial charge in [0.05, 0.1) is 6.10 Å². The van der Waals surface area contributed by atoms with Gasteiger partial charge in [-0.15, -0.1) is 0 Å². The first-order valence-corrected chi connectivity index (χ1v) is 9.63. The molecule has 29 heavy (non-hydrogen) atoms. The normalized spacial score (nSPS) is 14.2. The van der Waals surface area contributed by atoms with E-state index in [0.717, 1.165) is 11.1 Å². The first-order chi connectivity index (χ1) is 14.1. The lowest BCUT2D eigenvalue weighted by molar-refractivity contribution is 0.241. The Morgan fingerprint density at radius 1 is 0.828 bits per heavy atom. The summed E-state index contributed by atoms with van der Waals surface area (Å²) >= 11 is 0.